The number of nitrogens with zero attached hydrogens (tertiary/aromatic N) is 2. The van der Waals surface area contributed by atoms with Crippen LogP contribution >= 0.6 is 0 Å². The minimum absolute atomic E-state index is 0.0951. The molecule has 2 rings (SSSR count). The van der Waals surface area contributed by atoms with Gasteiger partial charge in [-0.3, -0.25) is 4.90 Å². The summed E-state index contributed by atoms with van der Waals surface area (Å²) in [5.41, 5.74) is 0.0951. The van der Waals surface area contributed by atoms with Gasteiger partial charge in [0.15, 0.2) is 0 Å². The molecule has 5 nitrogen and oxygen atoms in total. The quantitative estimate of drug-likeness (QED) is 0.751. The molecule has 2 saturated heterocycles. The van der Waals surface area contributed by atoms with Crippen LogP contribution in [0.4, 0.5) is 4.79 Å². The predicted octanol–water partition coefficient (Wildman–Crippen LogP) is 0.814. The molecule has 17 heavy (non-hydrogen) atoms. The van der Waals surface area contributed by atoms with Crippen molar-refractivity contribution in [3.63, 3.8) is 0 Å². The number of nitrogens with one attached hydrogen (secondary N) is 1. The zero-order valence-electron chi connectivity index (χ0n) is 10.6. The first-order chi connectivity index (χ1) is 8.18. The fourth-order valence-electron chi connectivity index (χ4n) is 3.16. The fourth-order valence-corrected chi connectivity index (χ4v) is 3.16. The smallest absolute Gasteiger partial charge is 0.407 e. The van der Waals surface area contributed by atoms with E-state index in [2.05, 4.69) is 17.1 Å². The number of piperidine rings is 1. The molecule has 2 N–H and O–H groups in total. The Hall–Kier alpha value is -0.810. The van der Waals surface area contributed by atoms with Gasteiger partial charge in [-0.2, -0.15) is 0 Å². The van der Waals surface area contributed by atoms with Crippen LogP contribution in [0.5, 0.6) is 0 Å². The molecule has 0 bridgehead atoms. The van der Waals surface area contributed by atoms with Crippen molar-refractivity contribution in [3.8, 4) is 0 Å². The highest BCUT2D eigenvalue weighted by Gasteiger charge is 2.43. The third-order valence-electron chi connectivity index (χ3n) is 4.09. The van der Waals surface area contributed by atoms with E-state index in [0.29, 0.717) is 13.1 Å². The van der Waals surface area contributed by atoms with Crippen LogP contribution in [0.15, 0.2) is 0 Å². The number of piperazine rings is 1. The maximum atomic E-state index is 11.1. The van der Waals surface area contributed by atoms with Crippen LogP contribution in [0, 0.1) is 0 Å². The maximum Gasteiger partial charge on any atom is 0.407 e. The van der Waals surface area contributed by atoms with E-state index < -0.39 is 6.09 Å². The lowest BCUT2D eigenvalue weighted by atomic mass is 9.84. The van der Waals surface area contributed by atoms with Crippen molar-refractivity contribution in [1.29, 1.82) is 0 Å². The first kappa shape index (κ1) is 12.6. The third kappa shape index (κ3) is 2.55. The van der Waals surface area contributed by atoms with E-state index in [1.165, 1.54) is 0 Å². The van der Waals surface area contributed by atoms with Gasteiger partial charge in [-0.25, -0.2) is 4.79 Å². The Morgan fingerprint density at radius 1 is 1.35 bits per heavy atom. The van der Waals surface area contributed by atoms with Crippen LogP contribution in [-0.4, -0.2) is 65.8 Å². The second-order valence-electron chi connectivity index (χ2n) is 5.17. The van der Waals surface area contributed by atoms with E-state index in [1.54, 1.807) is 4.90 Å². The minimum atomic E-state index is -0.765. The van der Waals surface area contributed by atoms with Crippen molar-refractivity contribution in [2.75, 3.05) is 39.3 Å². The molecule has 0 atom stereocenters. The van der Waals surface area contributed by atoms with Gasteiger partial charge in [-0.05, 0) is 38.9 Å². The first-order valence-electron chi connectivity index (χ1n) is 6.61. The molecule has 2 heterocycles. The molecule has 0 aromatic heterocycles. The van der Waals surface area contributed by atoms with Gasteiger partial charge in [0.2, 0.25) is 0 Å². The summed E-state index contributed by atoms with van der Waals surface area (Å²) in [6.45, 7) is 7.53. The molecule has 5 heteroatoms. The monoisotopic (exact) mass is 241 g/mol. The van der Waals surface area contributed by atoms with Crippen LogP contribution in [0.25, 0.3) is 0 Å². The minimum Gasteiger partial charge on any atom is -0.465 e. The summed E-state index contributed by atoms with van der Waals surface area (Å²) < 4.78 is 0. The SMILES string of the molecule is CCCN1CCN(C(=O)O)CC12CCNCC2. The number of hydrogen-bond donors (Lipinski definition) is 2. The molecule has 0 radical (unpaired) electrons. The summed E-state index contributed by atoms with van der Waals surface area (Å²) in [5.74, 6) is 0. The highest BCUT2D eigenvalue weighted by Crippen LogP contribution is 2.30. The van der Waals surface area contributed by atoms with Crippen molar-refractivity contribution in [2.24, 2.45) is 0 Å². The average molecular weight is 241 g/mol. The zero-order chi connectivity index (χ0) is 12.3. The lowest BCUT2D eigenvalue weighted by Crippen LogP contribution is -2.66. The highest BCUT2D eigenvalue weighted by molar-refractivity contribution is 5.65. The summed E-state index contributed by atoms with van der Waals surface area (Å²) in [7, 11) is 0. The molecule has 2 aliphatic rings. The number of amides is 1. The maximum absolute atomic E-state index is 11.1. The summed E-state index contributed by atoms with van der Waals surface area (Å²) in [5, 5.41) is 12.5. The summed E-state index contributed by atoms with van der Waals surface area (Å²) in [6, 6.07) is 0. The molecular formula is C12H23N3O2. The zero-order valence-corrected chi connectivity index (χ0v) is 10.6. The topological polar surface area (TPSA) is 55.8 Å². The summed E-state index contributed by atoms with van der Waals surface area (Å²) >= 11 is 0. The Balaban J connectivity index is 2.11. The number of rotatable bonds is 2. The Morgan fingerprint density at radius 2 is 2.06 bits per heavy atom. The van der Waals surface area contributed by atoms with Gasteiger partial charge in [-0.15, -0.1) is 0 Å². The van der Waals surface area contributed by atoms with E-state index in [4.69, 9.17) is 5.11 Å². The van der Waals surface area contributed by atoms with E-state index >= 15 is 0 Å². The van der Waals surface area contributed by atoms with Gasteiger partial charge in [-0.1, -0.05) is 6.92 Å². The molecule has 1 spiro atoms. The fraction of sp³-hybridized carbons (Fsp3) is 0.917. The molecule has 0 aromatic rings. The van der Waals surface area contributed by atoms with Crippen LogP contribution < -0.4 is 5.32 Å². The standard InChI is InChI=1S/C12H23N3O2/c1-2-7-15-9-8-14(11(16)17)10-12(15)3-5-13-6-4-12/h13H,2-10H2,1H3,(H,16,17). The van der Waals surface area contributed by atoms with Gasteiger partial charge in [0.25, 0.3) is 0 Å². The third-order valence-corrected chi connectivity index (χ3v) is 4.09. The Morgan fingerprint density at radius 3 is 2.65 bits per heavy atom. The second kappa shape index (κ2) is 5.23. The van der Waals surface area contributed by atoms with Crippen molar-refractivity contribution in [3.05, 3.63) is 0 Å². The molecule has 0 unspecified atom stereocenters. The van der Waals surface area contributed by atoms with Crippen molar-refractivity contribution < 1.29 is 9.90 Å². The van der Waals surface area contributed by atoms with E-state index in [9.17, 15) is 4.79 Å². The van der Waals surface area contributed by atoms with Crippen molar-refractivity contribution in [2.45, 2.75) is 31.7 Å². The second-order valence-corrected chi connectivity index (χ2v) is 5.17. The van der Waals surface area contributed by atoms with E-state index in [-0.39, 0.29) is 5.54 Å². The Bertz CT molecular complexity index is 277. The van der Waals surface area contributed by atoms with Gasteiger partial charge in [0.1, 0.15) is 0 Å². The van der Waals surface area contributed by atoms with E-state index in [1.807, 2.05) is 0 Å². The van der Waals surface area contributed by atoms with Gasteiger partial charge in [0.05, 0.1) is 0 Å². The molecule has 2 fully saturated rings. The van der Waals surface area contributed by atoms with Crippen molar-refractivity contribution >= 4 is 6.09 Å². The highest BCUT2D eigenvalue weighted by atomic mass is 16.4. The molecule has 0 aromatic carbocycles. The Kier molecular flexibility index (Phi) is 3.89. The summed E-state index contributed by atoms with van der Waals surface area (Å²) in [6.07, 6.45) is 2.51. The number of carboxylic acid groups (broad SMARTS) is 1. The number of hydrogen-bond acceptors (Lipinski definition) is 3. The molecule has 2 aliphatic heterocycles. The van der Waals surface area contributed by atoms with Crippen molar-refractivity contribution in [1.82, 2.24) is 15.1 Å². The molecule has 98 valence electrons. The lowest BCUT2D eigenvalue weighted by molar-refractivity contribution is -0.0162. The van der Waals surface area contributed by atoms with Crippen LogP contribution in [0.2, 0.25) is 0 Å². The average Bonchev–Trinajstić information content (AvgIpc) is 2.33. The summed E-state index contributed by atoms with van der Waals surface area (Å²) in [4.78, 5) is 15.3. The largest absolute Gasteiger partial charge is 0.465 e. The Labute approximate surface area is 103 Å². The van der Waals surface area contributed by atoms with Crippen LogP contribution in [-0.2, 0) is 0 Å². The molecule has 0 saturated carbocycles. The van der Waals surface area contributed by atoms with Crippen LogP contribution in [0.3, 0.4) is 0 Å². The van der Waals surface area contributed by atoms with Crippen LogP contribution in [0.1, 0.15) is 26.2 Å². The molecule has 0 aliphatic carbocycles. The predicted molar refractivity (Wildman–Crippen MR) is 66.3 cm³/mol. The first-order valence-corrected chi connectivity index (χ1v) is 6.61. The lowest BCUT2D eigenvalue weighted by Gasteiger charge is -2.52. The van der Waals surface area contributed by atoms with Gasteiger partial charge >= 0.3 is 6.09 Å². The van der Waals surface area contributed by atoms with E-state index in [0.717, 1.165) is 45.4 Å². The molecular weight excluding hydrogens is 218 g/mol. The molecule has 1 amide bonds. The number of carbonyl (C=O) groups is 1. The van der Waals surface area contributed by atoms with Gasteiger partial charge in [0, 0.05) is 25.2 Å². The van der Waals surface area contributed by atoms with Gasteiger partial charge < -0.3 is 15.3 Å². The normalized spacial score (nSPS) is 25.1.